The van der Waals surface area contributed by atoms with Gasteiger partial charge in [0, 0.05) is 6.04 Å². The lowest BCUT2D eigenvalue weighted by Crippen LogP contribution is -1.95. The topological polar surface area (TPSA) is 26.0 Å². The summed E-state index contributed by atoms with van der Waals surface area (Å²) in [6, 6.07) is 0.917. The van der Waals surface area contributed by atoms with Gasteiger partial charge >= 0.3 is 0 Å². The third kappa shape index (κ3) is 1130. The Balaban J connectivity index is 2.32. The van der Waals surface area contributed by atoms with Gasteiger partial charge in [0.15, 0.2) is 0 Å². The van der Waals surface area contributed by atoms with Crippen molar-refractivity contribution in [3.8, 4) is 0 Å². The molecule has 0 unspecified atom stereocenters. The normalized spacial score (nSPS) is 9.00. The number of nitrogens with two attached hydrogens (primary N) is 1. The lowest BCUT2D eigenvalue weighted by Gasteiger charge is -1.79. The van der Waals surface area contributed by atoms with Crippen molar-refractivity contribution in [2.24, 2.45) is 5.73 Å². The molecule has 0 amide bonds. The third-order valence-corrected chi connectivity index (χ3v) is 0. The summed E-state index contributed by atoms with van der Waals surface area (Å²) in [5.74, 6) is 0. The van der Waals surface area contributed by atoms with Gasteiger partial charge in [0.1, 0.15) is 0 Å². The number of rotatable bonds is 0. The summed E-state index contributed by atoms with van der Waals surface area (Å²) in [6.07, 6.45) is 0. The molecular formula is C3H8N. The monoisotopic (exact) mass is 58.1 g/mol. The molecule has 1 nitrogen and oxygen atoms in total. The first-order valence-corrected chi connectivity index (χ1v) is 1.29. The summed E-state index contributed by atoms with van der Waals surface area (Å²) < 4.78 is 0. The molecule has 0 bridgehead atoms. The Hall–Kier alpha value is -0.0400. The van der Waals surface area contributed by atoms with E-state index in [2.05, 4.69) is 0 Å². The molecule has 0 spiro atoms. The Labute approximate surface area is 26.8 Å². The molecule has 0 heterocycles. The largest absolute Gasteiger partial charge is 0.324 e. The van der Waals surface area contributed by atoms with Crippen LogP contribution in [0.15, 0.2) is 0 Å². The smallest absolute Gasteiger partial charge is 0.0274 e. The second-order valence-electron chi connectivity index (χ2n) is 1.08. The van der Waals surface area contributed by atoms with Gasteiger partial charge in [0.05, 0.1) is 0 Å². The van der Waals surface area contributed by atoms with Crippen LogP contribution in [0.1, 0.15) is 13.8 Å². The van der Waals surface area contributed by atoms with Crippen LogP contribution in [0.3, 0.4) is 0 Å². The second kappa shape index (κ2) is 1.30. The zero-order valence-electron chi connectivity index (χ0n) is 3.08. The molecule has 0 saturated carbocycles. The fourth-order valence-corrected chi connectivity index (χ4v) is 0. The first kappa shape index (κ1) is 3.96. The summed E-state index contributed by atoms with van der Waals surface area (Å²) in [5, 5.41) is 0. The fraction of sp³-hybridized carbons (Fsp3) is 0.667. The Morgan fingerprint density at radius 2 is 1.50 bits per heavy atom. The molecule has 0 aliphatic rings. The van der Waals surface area contributed by atoms with Crippen molar-refractivity contribution >= 4 is 0 Å². The molecule has 25 valence electrons. The van der Waals surface area contributed by atoms with Crippen LogP contribution in [0.25, 0.3) is 0 Å². The molecule has 4 heavy (non-hydrogen) atoms. The fourth-order valence-electron chi connectivity index (χ4n) is 0. The van der Waals surface area contributed by atoms with Crippen LogP contribution >= 0.6 is 0 Å². The minimum atomic E-state index is 0.917. The van der Waals surface area contributed by atoms with Crippen molar-refractivity contribution < 1.29 is 0 Å². The van der Waals surface area contributed by atoms with Gasteiger partial charge in [0.25, 0.3) is 0 Å². The zero-order valence-corrected chi connectivity index (χ0v) is 3.08. The summed E-state index contributed by atoms with van der Waals surface area (Å²) in [7, 11) is 0. The SMILES string of the molecule is C[C](C)N. The van der Waals surface area contributed by atoms with E-state index in [1.807, 2.05) is 13.8 Å². The van der Waals surface area contributed by atoms with Crippen LogP contribution in [-0.2, 0) is 0 Å². The highest BCUT2D eigenvalue weighted by Crippen LogP contribution is 1.72. The van der Waals surface area contributed by atoms with Crippen molar-refractivity contribution in [2.75, 3.05) is 0 Å². The molecule has 0 fully saturated rings. The predicted molar refractivity (Wildman–Crippen MR) is 18.8 cm³/mol. The number of hydrogen-bond acceptors (Lipinski definition) is 1. The quantitative estimate of drug-likeness (QED) is 0.431. The van der Waals surface area contributed by atoms with Crippen LogP contribution < -0.4 is 5.73 Å². The highest BCUT2D eigenvalue weighted by molar-refractivity contribution is 4.62. The van der Waals surface area contributed by atoms with Crippen molar-refractivity contribution in [3.63, 3.8) is 0 Å². The maximum atomic E-state index is 5.03. The van der Waals surface area contributed by atoms with Crippen LogP contribution in [0, 0.1) is 6.04 Å². The molecular weight excluding hydrogens is 50.0 g/mol. The Kier molecular flexibility index (Phi) is 1.28. The summed E-state index contributed by atoms with van der Waals surface area (Å²) in [5.41, 5.74) is 5.03. The van der Waals surface area contributed by atoms with Gasteiger partial charge in [-0.15, -0.1) is 0 Å². The van der Waals surface area contributed by atoms with Crippen LogP contribution in [0.2, 0.25) is 0 Å². The number of hydrogen-bond donors (Lipinski definition) is 1. The van der Waals surface area contributed by atoms with E-state index in [0.29, 0.717) is 0 Å². The molecule has 0 atom stereocenters. The zero-order chi connectivity index (χ0) is 3.58. The third-order valence-electron chi connectivity index (χ3n) is 0. The Morgan fingerprint density at radius 1 is 1.50 bits per heavy atom. The van der Waals surface area contributed by atoms with Gasteiger partial charge < -0.3 is 5.73 Å². The van der Waals surface area contributed by atoms with Gasteiger partial charge in [-0.1, -0.05) is 0 Å². The highest BCUT2D eigenvalue weighted by atomic mass is 14.6. The van der Waals surface area contributed by atoms with Crippen LogP contribution in [0.5, 0.6) is 0 Å². The maximum Gasteiger partial charge on any atom is 0.0274 e. The van der Waals surface area contributed by atoms with E-state index in [1.165, 1.54) is 0 Å². The molecule has 0 aromatic heterocycles. The summed E-state index contributed by atoms with van der Waals surface area (Å²) in [6.45, 7) is 3.72. The Morgan fingerprint density at radius 3 is 1.50 bits per heavy atom. The second-order valence-corrected chi connectivity index (χ2v) is 1.08. The van der Waals surface area contributed by atoms with E-state index in [1.54, 1.807) is 0 Å². The standard InChI is InChI=1S/C3H8N/c1-3(2)4/h4H2,1-2H3. The van der Waals surface area contributed by atoms with Crippen LogP contribution in [-0.4, -0.2) is 0 Å². The summed E-state index contributed by atoms with van der Waals surface area (Å²) in [4.78, 5) is 0. The van der Waals surface area contributed by atoms with Gasteiger partial charge in [0.2, 0.25) is 0 Å². The minimum absolute atomic E-state index is 0.917. The first-order chi connectivity index (χ1) is 1.73. The van der Waals surface area contributed by atoms with E-state index in [4.69, 9.17) is 5.73 Å². The molecule has 0 aliphatic heterocycles. The van der Waals surface area contributed by atoms with Crippen molar-refractivity contribution in [2.45, 2.75) is 13.8 Å². The van der Waals surface area contributed by atoms with Gasteiger partial charge in [-0.2, -0.15) is 0 Å². The first-order valence-electron chi connectivity index (χ1n) is 1.29. The summed E-state index contributed by atoms with van der Waals surface area (Å²) >= 11 is 0. The average molecular weight is 58.1 g/mol. The van der Waals surface area contributed by atoms with E-state index < -0.39 is 0 Å². The minimum Gasteiger partial charge on any atom is -0.324 e. The van der Waals surface area contributed by atoms with E-state index in [-0.39, 0.29) is 0 Å². The van der Waals surface area contributed by atoms with Crippen molar-refractivity contribution in [1.82, 2.24) is 0 Å². The van der Waals surface area contributed by atoms with Gasteiger partial charge in [-0.3, -0.25) is 0 Å². The van der Waals surface area contributed by atoms with E-state index >= 15 is 0 Å². The lowest BCUT2D eigenvalue weighted by atomic mass is 10.5. The van der Waals surface area contributed by atoms with Crippen molar-refractivity contribution in [1.29, 1.82) is 0 Å². The van der Waals surface area contributed by atoms with E-state index in [9.17, 15) is 0 Å². The molecule has 0 aromatic rings. The molecule has 1 heteroatoms. The van der Waals surface area contributed by atoms with E-state index in [0.717, 1.165) is 6.04 Å². The predicted octanol–water partition coefficient (Wildman–Crippen LogP) is 0.517. The van der Waals surface area contributed by atoms with Gasteiger partial charge in [-0.25, -0.2) is 0 Å². The average Bonchev–Trinajstić information content (AvgIpc) is 0.811. The maximum absolute atomic E-state index is 5.03. The van der Waals surface area contributed by atoms with Gasteiger partial charge in [-0.05, 0) is 13.8 Å². The molecule has 0 aliphatic carbocycles. The molecule has 2 N–H and O–H groups in total. The van der Waals surface area contributed by atoms with Crippen LogP contribution in [0.4, 0.5) is 0 Å². The van der Waals surface area contributed by atoms with Crippen molar-refractivity contribution in [3.05, 3.63) is 6.04 Å². The molecule has 1 radical (unpaired) electrons. The Bertz CT molecular complexity index is 8.00. The lowest BCUT2D eigenvalue weighted by molar-refractivity contribution is 1.05. The highest BCUT2D eigenvalue weighted by Gasteiger charge is 1.68. The molecule has 0 rings (SSSR count). The molecule has 0 aromatic carbocycles. The molecule has 0 saturated heterocycles.